The van der Waals surface area contributed by atoms with Crippen LogP contribution in [0.4, 0.5) is 11.5 Å². The number of carboxylic acid groups (broad SMARTS) is 1. The molecule has 2 aromatic rings. The predicted molar refractivity (Wildman–Crippen MR) is 90.8 cm³/mol. The van der Waals surface area contributed by atoms with E-state index in [9.17, 15) is 4.79 Å². The quantitative estimate of drug-likeness (QED) is 0.870. The molecule has 7 heteroatoms. The number of nitrogens with one attached hydrogen (secondary N) is 1. The van der Waals surface area contributed by atoms with Gasteiger partial charge in [0.25, 0.3) is 0 Å². The van der Waals surface area contributed by atoms with Crippen molar-refractivity contribution in [1.29, 1.82) is 0 Å². The molecular formula is C17H20N4O3. The van der Waals surface area contributed by atoms with Gasteiger partial charge in [-0.15, -0.1) is 0 Å². The zero-order chi connectivity index (χ0) is 16.9. The maximum atomic E-state index is 10.8. The molecule has 24 heavy (non-hydrogen) atoms. The average Bonchev–Trinajstić information content (AvgIpc) is 2.63. The number of piperidine rings is 1. The lowest BCUT2D eigenvalue weighted by Gasteiger charge is -2.34. The molecule has 0 saturated carbocycles. The first-order valence-corrected chi connectivity index (χ1v) is 7.87. The van der Waals surface area contributed by atoms with Crippen LogP contribution in [0.1, 0.15) is 23.3 Å². The van der Waals surface area contributed by atoms with E-state index in [4.69, 9.17) is 9.84 Å². The van der Waals surface area contributed by atoms with Crippen LogP contribution in [0.25, 0.3) is 0 Å². The highest BCUT2D eigenvalue weighted by atomic mass is 16.5. The SMILES string of the molecule is COc1ccccc1N1CCC(Nc2cnc(C(=O)O)cn2)CC1. The van der Waals surface area contributed by atoms with E-state index in [1.807, 2.05) is 18.2 Å². The summed E-state index contributed by atoms with van der Waals surface area (Å²) in [6, 6.07) is 8.32. The van der Waals surface area contributed by atoms with Crippen LogP contribution < -0.4 is 15.0 Å². The molecule has 2 heterocycles. The van der Waals surface area contributed by atoms with Crippen LogP contribution in [-0.2, 0) is 0 Å². The predicted octanol–water partition coefficient (Wildman–Crippen LogP) is 2.26. The summed E-state index contributed by atoms with van der Waals surface area (Å²) in [7, 11) is 1.69. The number of hydrogen-bond donors (Lipinski definition) is 2. The lowest BCUT2D eigenvalue weighted by atomic mass is 10.0. The molecule has 1 aromatic carbocycles. The van der Waals surface area contributed by atoms with E-state index in [0.29, 0.717) is 11.9 Å². The third kappa shape index (κ3) is 3.56. The number of benzene rings is 1. The van der Waals surface area contributed by atoms with Crippen molar-refractivity contribution in [2.75, 3.05) is 30.4 Å². The lowest BCUT2D eigenvalue weighted by molar-refractivity contribution is 0.0690. The molecule has 7 nitrogen and oxygen atoms in total. The molecule has 0 aliphatic carbocycles. The van der Waals surface area contributed by atoms with E-state index in [2.05, 4.69) is 26.3 Å². The molecule has 2 N–H and O–H groups in total. The number of methoxy groups -OCH3 is 1. The number of para-hydroxylation sites is 2. The van der Waals surface area contributed by atoms with Gasteiger partial charge in [-0.1, -0.05) is 12.1 Å². The summed E-state index contributed by atoms with van der Waals surface area (Å²) in [5.41, 5.74) is 1.07. The van der Waals surface area contributed by atoms with E-state index in [0.717, 1.165) is 37.4 Å². The van der Waals surface area contributed by atoms with Crippen molar-refractivity contribution >= 4 is 17.5 Å². The highest BCUT2D eigenvalue weighted by molar-refractivity contribution is 5.84. The Bertz CT molecular complexity index is 697. The van der Waals surface area contributed by atoms with Crippen molar-refractivity contribution in [2.24, 2.45) is 0 Å². The van der Waals surface area contributed by atoms with Crippen LogP contribution in [0.15, 0.2) is 36.7 Å². The Morgan fingerprint density at radius 1 is 1.25 bits per heavy atom. The normalized spacial score (nSPS) is 15.1. The maximum Gasteiger partial charge on any atom is 0.356 e. The number of rotatable bonds is 5. The Kier molecular flexibility index (Phi) is 4.79. The first kappa shape index (κ1) is 16.0. The van der Waals surface area contributed by atoms with E-state index < -0.39 is 5.97 Å². The Balaban J connectivity index is 1.58. The van der Waals surface area contributed by atoms with Gasteiger partial charge in [0.15, 0.2) is 5.69 Å². The van der Waals surface area contributed by atoms with Gasteiger partial charge in [-0.2, -0.15) is 0 Å². The van der Waals surface area contributed by atoms with Crippen LogP contribution in [0.3, 0.4) is 0 Å². The number of hydrogen-bond acceptors (Lipinski definition) is 6. The molecule has 0 atom stereocenters. The van der Waals surface area contributed by atoms with Gasteiger partial charge >= 0.3 is 5.97 Å². The van der Waals surface area contributed by atoms with Crippen LogP contribution >= 0.6 is 0 Å². The third-order valence-electron chi connectivity index (χ3n) is 4.14. The second-order valence-corrected chi connectivity index (χ2v) is 5.67. The zero-order valence-electron chi connectivity index (χ0n) is 13.5. The molecule has 1 aliphatic rings. The van der Waals surface area contributed by atoms with Crippen LogP contribution in [0.5, 0.6) is 5.75 Å². The van der Waals surface area contributed by atoms with Crippen molar-refractivity contribution in [3.8, 4) is 5.75 Å². The highest BCUT2D eigenvalue weighted by Crippen LogP contribution is 2.30. The van der Waals surface area contributed by atoms with Crippen molar-refractivity contribution in [2.45, 2.75) is 18.9 Å². The summed E-state index contributed by atoms with van der Waals surface area (Å²) in [6.07, 6.45) is 4.66. The fourth-order valence-corrected chi connectivity index (χ4v) is 2.88. The van der Waals surface area contributed by atoms with Crippen LogP contribution in [0, 0.1) is 0 Å². The summed E-state index contributed by atoms with van der Waals surface area (Å²) >= 11 is 0. The van der Waals surface area contributed by atoms with E-state index in [1.165, 1.54) is 12.4 Å². The Morgan fingerprint density at radius 3 is 2.62 bits per heavy atom. The number of aromatic nitrogens is 2. The number of anilines is 2. The van der Waals surface area contributed by atoms with Crippen molar-refractivity contribution < 1.29 is 14.6 Å². The molecule has 1 fully saturated rings. The smallest absolute Gasteiger partial charge is 0.356 e. The van der Waals surface area contributed by atoms with E-state index >= 15 is 0 Å². The first-order valence-electron chi connectivity index (χ1n) is 7.87. The third-order valence-corrected chi connectivity index (χ3v) is 4.14. The second kappa shape index (κ2) is 7.16. The molecule has 0 amide bonds. The van der Waals surface area contributed by atoms with E-state index in [-0.39, 0.29) is 5.69 Å². The minimum absolute atomic E-state index is 0.0495. The lowest BCUT2D eigenvalue weighted by Crippen LogP contribution is -2.39. The largest absolute Gasteiger partial charge is 0.495 e. The van der Waals surface area contributed by atoms with Gasteiger partial charge in [-0.3, -0.25) is 0 Å². The molecule has 1 aliphatic heterocycles. The molecule has 0 bridgehead atoms. The summed E-state index contributed by atoms with van der Waals surface area (Å²) in [5.74, 6) is 0.425. The summed E-state index contributed by atoms with van der Waals surface area (Å²) in [6.45, 7) is 1.83. The number of carbonyl (C=O) groups is 1. The fraction of sp³-hybridized carbons (Fsp3) is 0.353. The molecule has 0 unspecified atom stereocenters. The van der Waals surface area contributed by atoms with Crippen LogP contribution in [0.2, 0.25) is 0 Å². The Morgan fingerprint density at radius 2 is 2.00 bits per heavy atom. The van der Waals surface area contributed by atoms with E-state index in [1.54, 1.807) is 7.11 Å². The number of ether oxygens (including phenoxy) is 1. The monoisotopic (exact) mass is 328 g/mol. The summed E-state index contributed by atoms with van der Waals surface area (Å²) in [5, 5.41) is 12.2. The average molecular weight is 328 g/mol. The minimum Gasteiger partial charge on any atom is -0.495 e. The fourth-order valence-electron chi connectivity index (χ4n) is 2.88. The molecule has 0 spiro atoms. The molecule has 1 saturated heterocycles. The van der Waals surface area contributed by atoms with Gasteiger partial charge in [0.05, 0.1) is 25.2 Å². The molecule has 1 aromatic heterocycles. The number of aromatic carboxylic acids is 1. The van der Waals surface area contributed by atoms with Gasteiger partial charge in [0.1, 0.15) is 11.6 Å². The molecular weight excluding hydrogens is 308 g/mol. The zero-order valence-corrected chi connectivity index (χ0v) is 13.5. The van der Waals surface area contributed by atoms with Gasteiger partial charge in [0, 0.05) is 19.1 Å². The Hall–Kier alpha value is -2.83. The van der Waals surface area contributed by atoms with Gasteiger partial charge in [0.2, 0.25) is 0 Å². The van der Waals surface area contributed by atoms with Crippen LogP contribution in [-0.4, -0.2) is 47.3 Å². The molecule has 126 valence electrons. The first-order chi connectivity index (χ1) is 11.7. The standard InChI is InChI=1S/C17H20N4O3/c1-24-15-5-3-2-4-14(15)21-8-6-12(7-9-21)20-16-11-18-13(10-19-16)17(22)23/h2-5,10-12H,6-9H2,1H3,(H,19,20)(H,22,23). The Labute approximate surface area is 140 Å². The van der Waals surface area contributed by atoms with Crippen molar-refractivity contribution in [3.63, 3.8) is 0 Å². The second-order valence-electron chi connectivity index (χ2n) is 5.67. The topological polar surface area (TPSA) is 87.6 Å². The number of nitrogens with zero attached hydrogens (tertiary/aromatic N) is 3. The molecule has 0 radical (unpaired) electrons. The van der Waals surface area contributed by atoms with Gasteiger partial charge < -0.3 is 20.1 Å². The highest BCUT2D eigenvalue weighted by Gasteiger charge is 2.21. The molecule has 3 rings (SSSR count). The summed E-state index contributed by atoms with van der Waals surface area (Å²) in [4.78, 5) is 21.1. The summed E-state index contributed by atoms with van der Waals surface area (Å²) < 4.78 is 5.43. The maximum absolute atomic E-state index is 10.8. The van der Waals surface area contributed by atoms with Gasteiger partial charge in [-0.25, -0.2) is 14.8 Å². The van der Waals surface area contributed by atoms with Crippen molar-refractivity contribution in [3.05, 3.63) is 42.4 Å². The van der Waals surface area contributed by atoms with Crippen molar-refractivity contribution in [1.82, 2.24) is 9.97 Å². The van der Waals surface area contributed by atoms with Gasteiger partial charge in [-0.05, 0) is 25.0 Å². The minimum atomic E-state index is -1.07. The number of carboxylic acids is 1.